The van der Waals surface area contributed by atoms with E-state index in [1.807, 2.05) is 12.1 Å². The molecule has 0 aliphatic rings. The number of carbonyl (C=O) groups excluding carboxylic acids is 1. The predicted molar refractivity (Wildman–Crippen MR) is 140 cm³/mol. The zero-order valence-electron chi connectivity index (χ0n) is 21.3. The summed E-state index contributed by atoms with van der Waals surface area (Å²) in [7, 11) is -1.13. The van der Waals surface area contributed by atoms with Crippen molar-refractivity contribution >= 4 is 24.5 Å². The minimum Gasteiger partial charge on any atom is -0.407 e. The number of hydrogen-bond acceptors (Lipinski definition) is 5. The molecule has 0 saturated carbocycles. The first-order chi connectivity index (χ1) is 16.3. The smallest absolute Gasteiger partial charge is 0.261 e. The highest BCUT2D eigenvalue weighted by Gasteiger charge is 2.50. The average molecular weight is 485 g/mol. The van der Waals surface area contributed by atoms with Gasteiger partial charge in [0.2, 0.25) is 0 Å². The van der Waals surface area contributed by atoms with Crippen LogP contribution in [-0.2, 0) is 23.4 Å². The van der Waals surface area contributed by atoms with Crippen molar-refractivity contribution in [3.05, 3.63) is 73.3 Å². The molecule has 2 aromatic carbocycles. The van der Waals surface area contributed by atoms with Crippen molar-refractivity contribution in [2.75, 3.05) is 33.7 Å². The van der Waals surface area contributed by atoms with E-state index in [4.69, 9.17) is 18.6 Å². The van der Waals surface area contributed by atoms with Crippen LogP contribution >= 0.6 is 0 Å². The molecular weight excluding hydrogens is 444 g/mol. The number of benzene rings is 2. The van der Waals surface area contributed by atoms with Gasteiger partial charge in [0, 0.05) is 13.7 Å². The van der Waals surface area contributed by atoms with Crippen molar-refractivity contribution in [3.63, 3.8) is 0 Å². The van der Waals surface area contributed by atoms with Crippen molar-refractivity contribution in [3.8, 4) is 0 Å². The van der Waals surface area contributed by atoms with Gasteiger partial charge in [-0.3, -0.25) is 4.79 Å². The van der Waals surface area contributed by atoms with Crippen LogP contribution in [0.3, 0.4) is 0 Å². The number of ether oxygens (including phenoxy) is 3. The van der Waals surface area contributed by atoms with E-state index in [2.05, 4.69) is 75.9 Å². The molecule has 0 bridgehead atoms. The lowest BCUT2D eigenvalue weighted by atomic mass is 9.97. The lowest BCUT2D eigenvalue weighted by molar-refractivity contribution is -0.139. The van der Waals surface area contributed by atoms with Gasteiger partial charge in [-0.1, -0.05) is 87.5 Å². The van der Waals surface area contributed by atoms with Gasteiger partial charge in [0.15, 0.2) is 0 Å². The van der Waals surface area contributed by atoms with Crippen LogP contribution in [0.1, 0.15) is 34.1 Å². The minimum absolute atomic E-state index is 0.0293. The Morgan fingerprint density at radius 3 is 2.00 bits per heavy atom. The van der Waals surface area contributed by atoms with Crippen LogP contribution in [0.2, 0.25) is 5.04 Å². The molecule has 0 heterocycles. The van der Waals surface area contributed by atoms with Crippen LogP contribution in [0.25, 0.3) is 0 Å². The van der Waals surface area contributed by atoms with Crippen LogP contribution in [0.15, 0.2) is 73.3 Å². The molecule has 0 unspecified atom stereocenters. The van der Waals surface area contributed by atoms with Gasteiger partial charge in [-0.05, 0) is 28.8 Å². The highest BCUT2D eigenvalue weighted by atomic mass is 28.4. The third kappa shape index (κ3) is 7.20. The van der Waals surface area contributed by atoms with Crippen LogP contribution < -0.4 is 10.4 Å². The van der Waals surface area contributed by atoms with E-state index in [0.29, 0.717) is 19.6 Å². The van der Waals surface area contributed by atoms with Crippen LogP contribution in [0.4, 0.5) is 0 Å². The van der Waals surface area contributed by atoms with E-state index in [1.165, 1.54) is 10.4 Å². The molecule has 0 N–H and O–H groups in total. The molecule has 0 radical (unpaired) electrons. The maximum absolute atomic E-state index is 12.8. The zero-order chi connectivity index (χ0) is 25.0. The second kappa shape index (κ2) is 13.7. The first-order valence-corrected chi connectivity index (χ1v) is 13.7. The molecule has 0 aromatic heterocycles. The second-order valence-corrected chi connectivity index (χ2v) is 13.7. The van der Waals surface area contributed by atoms with Crippen molar-refractivity contribution in [2.45, 2.75) is 45.3 Å². The van der Waals surface area contributed by atoms with E-state index in [9.17, 15) is 4.79 Å². The molecule has 5 nitrogen and oxygen atoms in total. The molecule has 2 aromatic rings. The Labute approximate surface area is 206 Å². The average Bonchev–Trinajstić information content (AvgIpc) is 2.81. The molecule has 6 heteroatoms. The minimum atomic E-state index is -2.76. The maximum atomic E-state index is 12.8. The Bertz CT molecular complexity index is 824. The van der Waals surface area contributed by atoms with E-state index in [1.54, 1.807) is 20.1 Å². The van der Waals surface area contributed by atoms with Gasteiger partial charge in [0.1, 0.15) is 12.6 Å². The van der Waals surface area contributed by atoms with Crippen LogP contribution in [0, 0.1) is 5.92 Å². The number of ketones is 1. The van der Waals surface area contributed by atoms with Crippen molar-refractivity contribution in [1.29, 1.82) is 0 Å². The number of hydrogen-bond donors (Lipinski definition) is 0. The number of Topliss-reactive ketones (excluding diaryl/α,β-unsaturated/α-hetero) is 1. The Kier molecular flexibility index (Phi) is 11.3. The zero-order valence-corrected chi connectivity index (χ0v) is 22.3. The first-order valence-electron chi connectivity index (χ1n) is 11.8. The fourth-order valence-corrected chi connectivity index (χ4v) is 8.90. The summed E-state index contributed by atoms with van der Waals surface area (Å²) < 4.78 is 23.5. The lowest BCUT2D eigenvalue weighted by Crippen LogP contribution is -2.67. The Hall–Kier alpha value is -2.09. The molecule has 0 amide bonds. The third-order valence-corrected chi connectivity index (χ3v) is 11.1. The Morgan fingerprint density at radius 2 is 1.56 bits per heavy atom. The van der Waals surface area contributed by atoms with Crippen molar-refractivity contribution in [1.82, 2.24) is 0 Å². The Morgan fingerprint density at radius 1 is 1.00 bits per heavy atom. The summed E-state index contributed by atoms with van der Waals surface area (Å²) in [6.07, 6.45) is 1.93. The van der Waals surface area contributed by atoms with Gasteiger partial charge in [0.05, 0.1) is 25.2 Å². The monoisotopic (exact) mass is 484 g/mol. The maximum Gasteiger partial charge on any atom is 0.261 e. The molecule has 0 spiro atoms. The normalized spacial score (nSPS) is 13.9. The van der Waals surface area contributed by atoms with Crippen molar-refractivity contribution in [2.24, 2.45) is 5.92 Å². The summed E-state index contributed by atoms with van der Waals surface area (Å²) in [4.78, 5) is 12.8. The highest BCUT2D eigenvalue weighted by Crippen LogP contribution is 2.37. The van der Waals surface area contributed by atoms with Gasteiger partial charge < -0.3 is 18.6 Å². The number of carbonyl (C=O) groups is 1. The Balaban J connectivity index is 2.39. The predicted octanol–water partition coefficient (Wildman–Crippen LogP) is 4.35. The van der Waals surface area contributed by atoms with E-state index >= 15 is 0 Å². The van der Waals surface area contributed by atoms with E-state index < -0.39 is 14.2 Å². The molecule has 0 saturated heterocycles. The summed E-state index contributed by atoms with van der Waals surface area (Å²) in [5.41, 5.74) is 0. The number of rotatable bonds is 15. The van der Waals surface area contributed by atoms with Crippen molar-refractivity contribution < 1.29 is 23.4 Å². The molecule has 186 valence electrons. The lowest BCUT2D eigenvalue weighted by Gasteiger charge is -2.44. The molecule has 0 fully saturated rings. The van der Waals surface area contributed by atoms with Gasteiger partial charge in [-0.2, -0.15) is 0 Å². The van der Waals surface area contributed by atoms with Gasteiger partial charge >= 0.3 is 0 Å². The summed E-state index contributed by atoms with van der Waals surface area (Å²) >= 11 is 0. The fourth-order valence-electron chi connectivity index (χ4n) is 4.31. The van der Waals surface area contributed by atoms with Gasteiger partial charge in [-0.15, -0.1) is 6.58 Å². The second-order valence-electron chi connectivity index (χ2n) is 9.44. The molecule has 0 aliphatic heterocycles. The summed E-state index contributed by atoms with van der Waals surface area (Å²) in [5.74, 6) is -0.410. The standard InChI is InChI=1S/C28H40O5Si/c1-7-14-27(32-22-31-20-19-30-6)26(23(2)29)21-33-34(28(3,4)5,24-15-10-8-11-16-24)25-17-12-9-13-18-25/h7-13,15-18,26-27H,1,14,19-22H2,2-6H3/t26-,27+/m1/s1. The van der Waals surface area contributed by atoms with E-state index in [-0.39, 0.29) is 30.3 Å². The molecule has 2 atom stereocenters. The highest BCUT2D eigenvalue weighted by molar-refractivity contribution is 6.99. The molecule has 34 heavy (non-hydrogen) atoms. The number of methoxy groups -OCH3 is 1. The van der Waals surface area contributed by atoms with Gasteiger partial charge in [-0.25, -0.2) is 0 Å². The summed E-state index contributed by atoms with van der Waals surface area (Å²) in [6.45, 7) is 13.4. The van der Waals surface area contributed by atoms with Crippen LogP contribution in [0.5, 0.6) is 0 Å². The SMILES string of the molecule is C=CC[C@H](OCOCCOC)[C@H](CO[Si](c1ccccc1)(c1ccccc1)C(C)(C)C)C(C)=O. The molecule has 2 rings (SSSR count). The summed E-state index contributed by atoms with van der Waals surface area (Å²) in [6, 6.07) is 20.8. The molecular formula is C28H40O5Si. The summed E-state index contributed by atoms with van der Waals surface area (Å²) in [5, 5.41) is 2.19. The van der Waals surface area contributed by atoms with Crippen LogP contribution in [-0.4, -0.2) is 53.9 Å². The topological polar surface area (TPSA) is 54.0 Å². The molecule has 0 aliphatic carbocycles. The van der Waals surface area contributed by atoms with Gasteiger partial charge in [0.25, 0.3) is 8.32 Å². The fraction of sp³-hybridized carbons (Fsp3) is 0.464. The first kappa shape index (κ1) is 28.1. The third-order valence-electron chi connectivity index (χ3n) is 6.06. The quantitative estimate of drug-likeness (QED) is 0.163. The largest absolute Gasteiger partial charge is 0.407 e. The van der Waals surface area contributed by atoms with E-state index in [0.717, 1.165) is 0 Å².